The van der Waals surface area contributed by atoms with Gasteiger partial charge in [-0.05, 0) is 30.3 Å². The third-order valence-electron chi connectivity index (χ3n) is 2.77. The van der Waals surface area contributed by atoms with E-state index in [1.54, 1.807) is 24.3 Å². The molecule has 0 saturated heterocycles. The molecule has 0 aliphatic carbocycles. The Hall–Kier alpha value is -2.21. The number of ether oxygens (including phenoxy) is 1. The van der Waals surface area contributed by atoms with Crippen molar-refractivity contribution in [1.82, 2.24) is 5.32 Å². The molecule has 1 amide bonds. The summed E-state index contributed by atoms with van der Waals surface area (Å²) in [6.45, 7) is 0.597. The van der Waals surface area contributed by atoms with Crippen molar-refractivity contribution in [2.45, 2.75) is 0 Å². The molecule has 0 aromatic heterocycles. The molecule has 0 aliphatic rings. The Balaban J connectivity index is 1.83. The topological polar surface area (TPSA) is 84.6 Å². The van der Waals surface area contributed by atoms with Crippen LogP contribution in [0.4, 0.5) is 5.69 Å². The highest BCUT2D eigenvalue weighted by molar-refractivity contribution is 9.10. The summed E-state index contributed by atoms with van der Waals surface area (Å²) in [5.41, 5.74) is 6.51. The minimum absolute atomic E-state index is 0.0740. The number of para-hydroxylation sites is 2. The van der Waals surface area contributed by atoms with Crippen LogP contribution in [0.25, 0.3) is 0 Å². The van der Waals surface area contributed by atoms with Gasteiger partial charge >= 0.3 is 0 Å². The van der Waals surface area contributed by atoms with Crippen LogP contribution in [0, 0.1) is 0 Å². The van der Waals surface area contributed by atoms with Gasteiger partial charge in [-0.25, -0.2) is 0 Å². The average molecular weight is 351 g/mol. The van der Waals surface area contributed by atoms with Gasteiger partial charge in [0, 0.05) is 4.47 Å². The van der Waals surface area contributed by atoms with Crippen molar-refractivity contribution in [3.05, 3.63) is 52.5 Å². The Kier molecular flexibility index (Phi) is 5.05. The number of benzene rings is 2. The zero-order chi connectivity index (χ0) is 15.2. The number of amides is 1. The molecule has 0 saturated carbocycles. The van der Waals surface area contributed by atoms with Gasteiger partial charge in [-0.1, -0.05) is 28.1 Å². The van der Waals surface area contributed by atoms with Crippen molar-refractivity contribution in [2.75, 3.05) is 18.9 Å². The number of rotatable bonds is 5. The molecule has 6 heteroatoms. The summed E-state index contributed by atoms with van der Waals surface area (Å²) >= 11 is 3.22. The zero-order valence-corrected chi connectivity index (χ0v) is 12.8. The van der Waals surface area contributed by atoms with Crippen molar-refractivity contribution >= 4 is 27.5 Å². The fraction of sp³-hybridized carbons (Fsp3) is 0.133. The van der Waals surface area contributed by atoms with E-state index in [4.69, 9.17) is 10.5 Å². The molecule has 0 unspecified atom stereocenters. The Bertz CT molecular complexity index is 647. The molecule has 0 spiro atoms. The zero-order valence-electron chi connectivity index (χ0n) is 11.2. The Morgan fingerprint density at radius 1 is 1.29 bits per heavy atom. The maximum atomic E-state index is 11.9. The van der Waals surface area contributed by atoms with Crippen molar-refractivity contribution in [3.8, 4) is 11.5 Å². The number of phenols is 1. The summed E-state index contributed by atoms with van der Waals surface area (Å²) in [5.74, 6) is 0.151. The van der Waals surface area contributed by atoms with E-state index < -0.39 is 0 Å². The maximum Gasteiger partial charge on any atom is 0.255 e. The first-order chi connectivity index (χ1) is 10.1. The minimum atomic E-state index is -0.357. The monoisotopic (exact) mass is 350 g/mol. The SMILES string of the molecule is Nc1ccccc1OCCNC(=O)c1ccc(Br)cc1O. The van der Waals surface area contributed by atoms with Gasteiger partial charge < -0.3 is 20.9 Å². The second-order valence-electron chi connectivity index (χ2n) is 4.30. The third-order valence-corrected chi connectivity index (χ3v) is 3.26. The number of aromatic hydroxyl groups is 1. The smallest absolute Gasteiger partial charge is 0.255 e. The molecule has 5 nitrogen and oxygen atoms in total. The highest BCUT2D eigenvalue weighted by atomic mass is 79.9. The molecule has 0 heterocycles. The van der Waals surface area contributed by atoms with Crippen LogP contribution in [0.1, 0.15) is 10.4 Å². The van der Waals surface area contributed by atoms with Gasteiger partial charge in [-0.2, -0.15) is 0 Å². The lowest BCUT2D eigenvalue weighted by Gasteiger charge is -2.10. The number of phenolic OH excluding ortho intramolecular Hbond substituents is 1. The van der Waals surface area contributed by atoms with Gasteiger partial charge in [-0.3, -0.25) is 4.79 Å². The number of carbonyl (C=O) groups excluding carboxylic acids is 1. The standard InChI is InChI=1S/C15H15BrN2O3/c16-10-5-6-11(13(19)9-10)15(20)18-7-8-21-14-4-2-1-3-12(14)17/h1-6,9,19H,7-8,17H2,(H,18,20). The van der Waals surface area contributed by atoms with E-state index in [2.05, 4.69) is 21.2 Å². The first-order valence-electron chi connectivity index (χ1n) is 6.32. The molecule has 0 bridgehead atoms. The lowest BCUT2D eigenvalue weighted by molar-refractivity contribution is 0.0944. The quantitative estimate of drug-likeness (QED) is 0.571. The van der Waals surface area contributed by atoms with E-state index >= 15 is 0 Å². The molecule has 4 N–H and O–H groups in total. The average Bonchev–Trinajstić information content (AvgIpc) is 2.45. The van der Waals surface area contributed by atoms with E-state index in [0.717, 1.165) is 0 Å². The number of anilines is 1. The van der Waals surface area contributed by atoms with E-state index in [9.17, 15) is 9.90 Å². The summed E-state index contributed by atoms with van der Waals surface area (Å²) in [6.07, 6.45) is 0. The second kappa shape index (κ2) is 6.99. The Labute approximate surface area is 130 Å². The Morgan fingerprint density at radius 2 is 2.05 bits per heavy atom. The summed E-state index contributed by atoms with van der Waals surface area (Å²) < 4.78 is 6.17. The normalized spacial score (nSPS) is 10.1. The maximum absolute atomic E-state index is 11.9. The highest BCUT2D eigenvalue weighted by Gasteiger charge is 2.10. The number of nitrogens with two attached hydrogens (primary N) is 1. The number of nitrogen functional groups attached to an aromatic ring is 1. The van der Waals surface area contributed by atoms with Crippen LogP contribution in [-0.4, -0.2) is 24.2 Å². The summed E-state index contributed by atoms with van der Waals surface area (Å²) in [7, 11) is 0. The van der Waals surface area contributed by atoms with Crippen molar-refractivity contribution < 1.29 is 14.6 Å². The molecule has 0 radical (unpaired) electrons. The van der Waals surface area contributed by atoms with Crippen LogP contribution in [0.2, 0.25) is 0 Å². The molecule has 21 heavy (non-hydrogen) atoms. The lowest BCUT2D eigenvalue weighted by Crippen LogP contribution is -2.28. The van der Waals surface area contributed by atoms with Gasteiger partial charge in [0.05, 0.1) is 17.8 Å². The number of hydrogen-bond acceptors (Lipinski definition) is 4. The minimum Gasteiger partial charge on any atom is -0.507 e. The lowest BCUT2D eigenvalue weighted by atomic mass is 10.2. The molecule has 2 aromatic rings. The van der Waals surface area contributed by atoms with Gasteiger partial charge in [0.1, 0.15) is 18.1 Å². The molecular formula is C15H15BrN2O3. The van der Waals surface area contributed by atoms with Crippen molar-refractivity contribution in [3.63, 3.8) is 0 Å². The van der Waals surface area contributed by atoms with Crippen molar-refractivity contribution in [1.29, 1.82) is 0 Å². The van der Waals surface area contributed by atoms with Gasteiger partial charge in [0.15, 0.2) is 0 Å². The first kappa shape index (κ1) is 15.2. The van der Waals surface area contributed by atoms with Gasteiger partial charge in [0.2, 0.25) is 0 Å². The number of hydrogen-bond donors (Lipinski definition) is 3. The highest BCUT2D eigenvalue weighted by Crippen LogP contribution is 2.22. The van der Waals surface area contributed by atoms with Gasteiger partial charge in [0.25, 0.3) is 5.91 Å². The molecular weight excluding hydrogens is 336 g/mol. The van der Waals surface area contributed by atoms with Crippen molar-refractivity contribution in [2.24, 2.45) is 0 Å². The summed E-state index contributed by atoms with van der Waals surface area (Å²) in [6, 6.07) is 11.9. The second-order valence-corrected chi connectivity index (χ2v) is 5.22. The predicted octanol–water partition coefficient (Wildman–Crippen LogP) is 2.55. The predicted molar refractivity (Wildman–Crippen MR) is 84.5 cm³/mol. The molecule has 0 atom stereocenters. The van der Waals surface area contributed by atoms with Crippen LogP contribution in [0.5, 0.6) is 11.5 Å². The molecule has 2 aromatic carbocycles. The van der Waals surface area contributed by atoms with E-state index in [1.165, 1.54) is 6.07 Å². The van der Waals surface area contributed by atoms with Gasteiger partial charge in [-0.15, -0.1) is 0 Å². The number of halogens is 1. The van der Waals surface area contributed by atoms with Crippen LogP contribution in [-0.2, 0) is 0 Å². The molecule has 0 fully saturated rings. The summed E-state index contributed by atoms with van der Waals surface area (Å²) in [4.78, 5) is 11.9. The van der Waals surface area contributed by atoms with Crippen LogP contribution >= 0.6 is 15.9 Å². The fourth-order valence-electron chi connectivity index (χ4n) is 1.73. The molecule has 0 aliphatic heterocycles. The van der Waals surface area contributed by atoms with E-state index in [0.29, 0.717) is 22.5 Å². The number of nitrogens with one attached hydrogen (secondary N) is 1. The fourth-order valence-corrected chi connectivity index (χ4v) is 2.08. The third kappa shape index (κ3) is 4.13. The number of carbonyl (C=O) groups is 1. The Morgan fingerprint density at radius 3 is 2.76 bits per heavy atom. The van der Waals surface area contributed by atoms with E-state index in [1.807, 2.05) is 12.1 Å². The first-order valence-corrected chi connectivity index (χ1v) is 7.11. The molecule has 2 rings (SSSR count). The van der Waals surface area contributed by atoms with Crippen LogP contribution in [0.15, 0.2) is 46.9 Å². The van der Waals surface area contributed by atoms with Crippen LogP contribution in [0.3, 0.4) is 0 Å². The summed E-state index contributed by atoms with van der Waals surface area (Å²) in [5, 5.41) is 12.4. The largest absolute Gasteiger partial charge is 0.507 e. The molecule has 110 valence electrons. The van der Waals surface area contributed by atoms with E-state index in [-0.39, 0.29) is 23.8 Å². The van der Waals surface area contributed by atoms with Crippen LogP contribution < -0.4 is 15.8 Å².